The van der Waals surface area contributed by atoms with Crippen LogP contribution in [0.5, 0.6) is 11.5 Å². The van der Waals surface area contributed by atoms with Crippen LogP contribution < -0.4 is 14.8 Å². The lowest BCUT2D eigenvalue weighted by Crippen LogP contribution is -2.41. The van der Waals surface area contributed by atoms with E-state index in [1.54, 1.807) is 17.8 Å². The fourth-order valence-corrected chi connectivity index (χ4v) is 4.87. The Bertz CT molecular complexity index is 1290. The van der Waals surface area contributed by atoms with Crippen LogP contribution in [0.1, 0.15) is 40.4 Å². The molecule has 2 N–H and O–H groups in total. The number of hydrogen-bond acceptors (Lipinski definition) is 6. The van der Waals surface area contributed by atoms with E-state index in [2.05, 4.69) is 5.32 Å². The van der Waals surface area contributed by atoms with Crippen molar-refractivity contribution in [2.45, 2.75) is 45.4 Å². The van der Waals surface area contributed by atoms with Crippen molar-refractivity contribution in [1.29, 1.82) is 0 Å². The van der Waals surface area contributed by atoms with E-state index >= 15 is 0 Å². The molecule has 0 aromatic heterocycles. The zero-order valence-corrected chi connectivity index (χ0v) is 22.7. The summed E-state index contributed by atoms with van der Waals surface area (Å²) in [7, 11) is 0. The zero-order chi connectivity index (χ0) is 27.1. The minimum Gasteiger partial charge on any atom is -0.480 e. The molecule has 38 heavy (non-hydrogen) atoms. The van der Waals surface area contributed by atoms with E-state index in [4.69, 9.17) is 14.2 Å². The predicted molar refractivity (Wildman–Crippen MR) is 149 cm³/mol. The Kier molecular flexibility index (Phi) is 9.31. The molecule has 0 radical (unpaired) electrons. The summed E-state index contributed by atoms with van der Waals surface area (Å²) in [6.07, 6.45) is 2.94. The molecule has 0 saturated heterocycles. The minimum atomic E-state index is -1.04. The number of aryl methyl sites for hydroxylation is 1. The van der Waals surface area contributed by atoms with Crippen LogP contribution in [0, 0.1) is 6.92 Å². The Morgan fingerprint density at radius 2 is 1.79 bits per heavy atom. The van der Waals surface area contributed by atoms with Crippen molar-refractivity contribution < 1.29 is 28.9 Å². The molecule has 7 nitrogen and oxygen atoms in total. The number of amides is 1. The van der Waals surface area contributed by atoms with Gasteiger partial charge < -0.3 is 24.6 Å². The number of fused-ring (bicyclic) bond motifs is 1. The molecule has 2 atom stereocenters. The maximum Gasteiger partial charge on any atom is 0.326 e. The number of thioether (sulfide) groups is 1. The number of aliphatic carboxylic acids is 1. The number of carboxylic acid groups (broad SMARTS) is 1. The first-order valence-electron chi connectivity index (χ1n) is 12.6. The van der Waals surface area contributed by atoms with Gasteiger partial charge in [0.05, 0.1) is 12.7 Å². The summed E-state index contributed by atoms with van der Waals surface area (Å²) in [4.78, 5) is 25.0. The molecular formula is C30H33NO6S. The summed E-state index contributed by atoms with van der Waals surface area (Å²) in [5.74, 6) is 0.716. The van der Waals surface area contributed by atoms with Crippen molar-refractivity contribution in [2.75, 3.05) is 18.8 Å². The number of carbonyl (C=O) groups is 2. The van der Waals surface area contributed by atoms with Crippen LogP contribution in [0.3, 0.4) is 0 Å². The summed E-state index contributed by atoms with van der Waals surface area (Å²) in [5.41, 5.74) is 5.15. The second-order valence-electron chi connectivity index (χ2n) is 9.35. The molecule has 0 saturated carbocycles. The quantitative estimate of drug-likeness (QED) is 0.317. The number of carbonyl (C=O) groups excluding carboxylic acids is 1. The van der Waals surface area contributed by atoms with E-state index < -0.39 is 17.9 Å². The smallest absolute Gasteiger partial charge is 0.326 e. The van der Waals surface area contributed by atoms with Gasteiger partial charge in [0.2, 0.25) is 6.79 Å². The second kappa shape index (κ2) is 12.8. The van der Waals surface area contributed by atoms with Crippen molar-refractivity contribution in [3.63, 3.8) is 0 Å². The molecule has 0 unspecified atom stereocenters. The summed E-state index contributed by atoms with van der Waals surface area (Å²) >= 11 is 1.55. The van der Waals surface area contributed by atoms with Crippen molar-refractivity contribution in [3.8, 4) is 22.6 Å². The monoisotopic (exact) mass is 535 g/mol. The molecule has 1 aliphatic rings. The molecule has 1 heterocycles. The molecule has 0 fully saturated rings. The summed E-state index contributed by atoms with van der Waals surface area (Å²) in [5, 5.41) is 12.3. The fourth-order valence-electron chi connectivity index (χ4n) is 4.40. The van der Waals surface area contributed by atoms with Gasteiger partial charge in [-0.05, 0) is 90.8 Å². The number of rotatable bonds is 12. The molecule has 1 aliphatic heterocycles. The standard InChI is InChI=1S/C30H33NO6S/c1-19-6-4-5-7-23(19)25-15-22(8-10-24(25)29(32)31-26(30(33)34)12-13-38-3)17-35-20(2)14-21-9-11-27-28(16-21)37-18-36-27/h4-11,15-16,20,26H,12-14,17-18H2,1-3H3,(H,31,32)(H,33,34)/t20-,26-/m0/s1. The van der Waals surface area contributed by atoms with Crippen LogP contribution >= 0.6 is 11.8 Å². The van der Waals surface area contributed by atoms with Crippen molar-refractivity contribution in [2.24, 2.45) is 0 Å². The zero-order valence-electron chi connectivity index (χ0n) is 21.9. The van der Waals surface area contributed by atoms with Crippen molar-refractivity contribution in [3.05, 3.63) is 82.9 Å². The molecule has 3 aromatic carbocycles. The molecular weight excluding hydrogens is 502 g/mol. The van der Waals surface area contributed by atoms with E-state index in [0.29, 0.717) is 30.8 Å². The van der Waals surface area contributed by atoms with Crippen molar-refractivity contribution in [1.82, 2.24) is 5.32 Å². The van der Waals surface area contributed by atoms with Crippen LogP contribution in [-0.2, 0) is 22.6 Å². The highest BCUT2D eigenvalue weighted by Gasteiger charge is 2.23. The van der Waals surface area contributed by atoms with Crippen molar-refractivity contribution >= 4 is 23.6 Å². The summed E-state index contributed by atoms with van der Waals surface area (Å²) in [6.45, 7) is 4.64. The highest BCUT2D eigenvalue weighted by atomic mass is 32.2. The van der Waals surface area contributed by atoms with Gasteiger partial charge in [0.15, 0.2) is 11.5 Å². The van der Waals surface area contributed by atoms with Gasteiger partial charge in [0.1, 0.15) is 6.04 Å². The first kappa shape index (κ1) is 27.5. The average molecular weight is 536 g/mol. The first-order chi connectivity index (χ1) is 18.4. The third-order valence-electron chi connectivity index (χ3n) is 6.47. The second-order valence-corrected chi connectivity index (χ2v) is 10.3. The number of carboxylic acids is 1. The number of ether oxygens (including phenoxy) is 3. The van der Waals surface area contributed by atoms with Crippen LogP contribution in [0.15, 0.2) is 60.7 Å². The summed E-state index contributed by atoms with van der Waals surface area (Å²) in [6, 6.07) is 18.4. The largest absolute Gasteiger partial charge is 0.480 e. The van der Waals surface area contributed by atoms with E-state index in [1.807, 2.05) is 74.7 Å². The Hall–Kier alpha value is -3.49. The maximum atomic E-state index is 13.3. The molecule has 0 aliphatic carbocycles. The van der Waals surface area contributed by atoms with Gasteiger partial charge in [-0.3, -0.25) is 4.79 Å². The van der Waals surface area contributed by atoms with Crippen LogP contribution in [0.2, 0.25) is 0 Å². The normalized spacial score (nSPS) is 13.7. The molecule has 3 aromatic rings. The molecule has 4 rings (SSSR count). The third-order valence-corrected chi connectivity index (χ3v) is 7.12. The van der Waals surface area contributed by atoms with E-state index in [0.717, 1.165) is 39.3 Å². The molecule has 1 amide bonds. The first-order valence-corrected chi connectivity index (χ1v) is 14.0. The van der Waals surface area contributed by atoms with Crippen LogP contribution in [0.25, 0.3) is 11.1 Å². The Balaban J connectivity index is 1.51. The van der Waals surface area contributed by atoms with E-state index in [9.17, 15) is 14.7 Å². The SMILES string of the molecule is CSCC[C@H](NC(=O)c1ccc(CO[C@@H](C)Cc2ccc3c(c2)OCO3)cc1-c1ccccc1C)C(=O)O. The van der Waals surface area contributed by atoms with Crippen LogP contribution in [0.4, 0.5) is 0 Å². The summed E-state index contributed by atoms with van der Waals surface area (Å²) < 4.78 is 17.0. The van der Waals surface area contributed by atoms with Gasteiger partial charge in [0, 0.05) is 5.56 Å². The molecule has 0 bridgehead atoms. The molecule has 8 heteroatoms. The lowest BCUT2D eigenvalue weighted by molar-refractivity contribution is -0.139. The lowest BCUT2D eigenvalue weighted by Gasteiger charge is -2.18. The third kappa shape index (κ3) is 6.88. The van der Waals surface area contributed by atoms with Gasteiger partial charge >= 0.3 is 5.97 Å². The van der Waals surface area contributed by atoms with Gasteiger partial charge in [-0.1, -0.05) is 36.4 Å². The van der Waals surface area contributed by atoms with Gasteiger partial charge in [-0.2, -0.15) is 11.8 Å². The predicted octanol–water partition coefficient (Wildman–Crippen LogP) is 5.47. The average Bonchev–Trinajstić information content (AvgIpc) is 3.38. The molecule has 200 valence electrons. The van der Waals surface area contributed by atoms with Gasteiger partial charge in [-0.25, -0.2) is 4.79 Å². The number of hydrogen-bond donors (Lipinski definition) is 2. The Labute approximate surface area is 227 Å². The number of benzene rings is 3. The maximum absolute atomic E-state index is 13.3. The lowest BCUT2D eigenvalue weighted by atomic mass is 9.93. The Morgan fingerprint density at radius 1 is 1.03 bits per heavy atom. The van der Waals surface area contributed by atoms with Gasteiger partial charge in [-0.15, -0.1) is 0 Å². The van der Waals surface area contributed by atoms with E-state index in [-0.39, 0.29) is 12.9 Å². The highest BCUT2D eigenvalue weighted by Crippen LogP contribution is 2.33. The topological polar surface area (TPSA) is 94.1 Å². The van der Waals surface area contributed by atoms with Crippen LogP contribution in [-0.4, -0.2) is 47.9 Å². The van der Waals surface area contributed by atoms with Gasteiger partial charge in [0.25, 0.3) is 5.91 Å². The molecule has 0 spiro atoms. The fraction of sp³-hybridized carbons (Fsp3) is 0.333. The highest BCUT2D eigenvalue weighted by molar-refractivity contribution is 7.98. The minimum absolute atomic E-state index is 0.0481. The number of nitrogens with one attached hydrogen (secondary N) is 1. The Morgan fingerprint density at radius 3 is 2.55 bits per heavy atom. The van der Waals surface area contributed by atoms with E-state index in [1.165, 1.54) is 0 Å².